The molecule has 5 rings (SSSR count). The molecule has 1 atom stereocenters. The van der Waals surface area contributed by atoms with Crippen molar-refractivity contribution in [2.45, 2.75) is 11.3 Å². The first-order valence-corrected chi connectivity index (χ1v) is 14.0. The Morgan fingerprint density at radius 1 is 0.921 bits per heavy atom. The van der Waals surface area contributed by atoms with Gasteiger partial charge in [0.05, 0.1) is 16.3 Å². The van der Waals surface area contributed by atoms with Crippen LogP contribution in [0.25, 0.3) is 28.1 Å². The fourth-order valence-electron chi connectivity index (χ4n) is 4.21. The van der Waals surface area contributed by atoms with Gasteiger partial charge in [0.15, 0.2) is 0 Å². The van der Waals surface area contributed by atoms with E-state index in [9.17, 15) is 14.1 Å². The number of aromatic nitrogens is 2. The lowest BCUT2D eigenvalue weighted by atomic mass is 10.0. The van der Waals surface area contributed by atoms with Crippen LogP contribution < -0.4 is 0 Å². The van der Waals surface area contributed by atoms with Gasteiger partial charge < -0.3 is 9.67 Å². The van der Waals surface area contributed by atoms with E-state index in [0.29, 0.717) is 22.2 Å². The summed E-state index contributed by atoms with van der Waals surface area (Å²) in [5.74, 6) is -0.211. The van der Waals surface area contributed by atoms with E-state index in [1.165, 1.54) is 0 Å². The molecule has 0 aliphatic heterocycles. The van der Waals surface area contributed by atoms with Crippen molar-refractivity contribution in [2.24, 2.45) is 0 Å². The molecule has 190 valence electrons. The van der Waals surface area contributed by atoms with E-state index in [-0.39, 0.29) is 5.56 Å². The summed E-state index contributed by atoms with van der Waals surface area (Å²) in [5, 5.41) is 10.3. The molecule has 1 N–H and O–H groups in total. The van der Waals surface area contributed by atoms with Crippen molar-refractivity contribution in [3.8, 4) is 28.1 Å². The molecule has 0 amide bonds. The summed E-state index contributed by atoms with van der Waals surface area (Å²) < 4.78 is 13.8. The van der Waals surface area contributed by atoms with Gasteiger partial charge in [0.2, 0.25) is 0 Å². The van der Waals surface area contributed by atoms with E-state index in [1.807, 2.05) is 65.4 Å². The summed E-state index contributed by atoms with van der Waals surface area (Å²) in [7, 11) is -1.05. The normalized spacial score (nSPS) is 11.9. The second-order valence-corrected chi connectivity index (χ2v) is 11.0. The maximum atomic E-state index is 11.9. The molecule has 1 heterocycles. The average Bonchev–Trinajstić information content (AvgIpc) is 3.32. The van der Waals surface area contributed by atoms with Crippen molar-refractivity contribution in [3.05, 3.63) is 124 Å². The smallest absolute Gasteiger partial charge is 0.335 e. The predicted molar refractivity (Wildman–Crippen MR) is 153 cm³/mol. The van der Waals surface area contributed by atoms with Crippen molar-refractivity contribution in [2.75, 3.05) is 6.26 Å². The second-order valence-electron chi connectivity index (χ2n) is 8.74. The van der Waals surface area contributed by atoms with Gasteiger partial charge in [0.1, 0.15) is 5.82 Å². The van der Waals surface area contributed by atoms with Crippen molar-refractivity contribution in [3.63, 3.8) is 0 Å². The molecule has 38 heavy (non-hydrogen) atoms. The number of carboxylic acids is 1. The van der Waals surface area contributed by atoms with Crippen molar-refractivity contribution >= 4 is 40.0 Å². The highest BCUT2D eigenvalue weighted by Gasteiger charge is 2.15. The predicted octanol–water partition coefficient (Wildman–Crippen LogP) is 7.54. The number of hydrogen-bond donors (Lipinski definition) is 1. The van der Waals surface area contributed by atoms with Crippen molar-refractivity contribution < 1.29 is 14.1 Å². The number of hydrogen-bond acceptors (Lipinski definition) is 3. The van der Waals surface area contributed by atoms with Gasteiger partial charge >= 0.3 is 5.97 Å². The third-order valence-electron chi connectivity index (χ3n) is 6.19. The molecular weight excluding hydrogens is 539 g/mol. The fraction of sp³-hybridized carbons (Fsp3) is 0.0667. The third-order valence-corrected chi connectivity index (χ3v) is 7.66. The lowest BCUT2D eigenvalue weighted by molar-refractivity contribution is 0.0697. The van der Waals surface area contributed by atoms with Gasteiger partial charge in [-0.25, -0.2) is 9.78 Å². The number of carboxylic acid groups (broad SMARTS) is 1. The van der Waals surface area contributed by atoms with E-state index < -0.39 is 16.8 Å². The first-order chi connectivity index (χ1) is 18.3. The molecule has 0 aliphatic rings. The SMILES string of the molecule is CS(=O)c1cccc(-c2ccc(Cc3nc(-c4ccc(Cl)cc4Cl)cn3-c3ccc(C(=O)O)cc3)cc2)c1. The average molecular weight is 561 g/mol. The van der Waals surface area contributed by atoms with Crippen LogP contribution in [-0.4, -0.2) is 31.1 Å². The minimum atomic E-state index is -1.05. The maximum Gasteiger partial charge on any atom is 0.335 e. The van der Waals surface area contributed by atoms with Gasteiger partial charge in [-0.2, -0.15) is 0 Å². The molecule has 0 radical (unpaired) electrons. The number of rotatable bonds is 7. The van der Waals surface area contributed by atoms with E-state index >= 15 is 0 Å². The Bertz CT molecular complexity index is 1660. The van der Waals surface area contributed by atoms with Crippen molar-refractivity contribution in [1.29, 1.82) is 0 Å². The second kappa shape index (κ2) is 11.0. The summed E-state index contributed by atoms with van der Waals surface area (Å²) in [6.45, 7) is 0. The summed E-state index contributed by atoms with van der Waals surface area (Å²) in [6, 6.07) is 27.8. The standard InChI is InChI=1S/C30H22Cl2N2O3S/c1-38(37)25-4-2-3-22(16-25)20-7-5-19(6-8-20)15-29-33-28(26-14-11-23(31)17-27(26)32)18-34(29)24-12-9-21(10-13-24)30(35)36/h2-14,16-18H,15H2,1H3,(H,35,36). The van der Waals surface area contributed by atoms with Crippen LogP contribution in [0.4, 0.5) is 0 Å². The molecule has 0 saturated heterocycles. The lowest BCUT2D eigenvalue weighted by Crippen LogP contribution is -2.03. The van der Waals surface area contributed by atoms with Crippen LogP contribution in [-0.2, 0) is 17.2 Å². The fourth-order valence-corrected chi connectivity index (χ4v) is 5.28. The Balaban J connectivity index is 1.51. The molecule has 0 saturated carbocycles. The number of carbonyl (C=O) groups is 1. The molecule has 1 aromatic heterocycles. The van der Waals surface area contributed by atoms with Crippen LogP contribution in [0, 0.1) is 0 Å². The lowest BCUT2D eigenvalue weighted by Gasteiger charge is -2.09. The molecule has 0 fully saturated rings. The van der Waals surface area contributed by atoms with Crippen LogP contribution in [0.2, 0.25) is 10.0 Å². The highest BCUT2D eigenvalue weighted by Crippen LogP contribution is 2.31. The maximum absolute atomic E-state index is 11.9. The zero-order valence-corrected chi connectivity index (χ0v) is 22.6. The quantitative estimate of drug-likeness (QED) is 0.223. The van der Waals surface area contributed by atoms with Crippen molar-refractivity contribution in [1.82, 2.24) is 9.55 Å². The molecule has 5 aromatic rings. The van der Waals surface area contributed by atoms with E-state index in [0.717, 1.165) is 38.7 Å². The van der Waals surface area contributed by atoms with Crippen LogP contribution >= 0.6 is 23.2 Å². The van der Waals surface area contributed by atoms with E-state index in [4.69, 9.17) is 28.2 Å². The van der Waals surface area contributed by atoms with E-state index in [1.54, 1.807) is 42.7 Å². The minimum absolute atomic E-state index is 0.211. The molecule has 0 spiro atoms. The molecule has 5 nitrogen and oxygen atoms in total. The van der Waals surface area contributed by atoms with Crippen LogP contribution in [0.1, 0.15) is 21.7 Å². The summed E-state index contributed by atoms with van der Waals surface area (Å²) in [6.07, 6.45) is 4.10. The van der Waals surface area contributed by atoms with Gasteiger partial charge in [-0.3, -0.25) is 4.21 Å². The molecule has 8 heteroatoms. The molecular formula is C30H22Cl2N2O3S. The van der Waals surface area contributed by atoms with Crippen LogP contribution in [0.15, 0.2) is 102 Å². The molecule has 1 unspecified atom stereocenters. The third kappa shape index (κ3) is 5.58. The van der Waals surface area contributed by atoms with Gasteiger partial charge in [-0.1, -0.05) is 59.6 Å². The number of benzene rings is 4. The number of imidazole rings is 1. The highest BCUT2D eigenvalue weighted by molar-refractivity contribution is 7.84. The van der Waals surface area contributed by atoms with Gasteiger partial charge in [0, 0.05) is 50.8 Å². The Kier molecular flexibility index (Phi) is 7.47. The zero-order valence-electron chi connectivity index (χ0n) is 20.3. The van der Waals surface area contributed by atoms with Gasteiger partial charge in [-0.15, -0.1) is 0 Å². The largest absolute Gasteiger partial charge is 0.478 e. The summed E-state index contributed by atoms with van der Waals surface area (Å²) in [4.78, 5) is 17.0. The zero-order chi connectivity index (χ0) is 26.8. The first-order valence-electron chi connectivity index (χ1n) is 11.7. The topological polar surface area (TPSA) is 72.2 Å². The monoisotopic (exact) mass is 560 g/mol. The Hall–Kier alpha value is -3.71. The molecule has 0 bridgehead atoms. The summed E-state index contributed by atoms with van der Waals surface area (Å²) >= 11 is 12.6. The van der Waals surface area contributed by atoms with Crippen LogP contribution in [0.5, 0.6) is 0 Å². The van der Waals surface area contributed by atoms with Gasteiger partial charge in [0.25, 0.3) is 0 Å². The minimum Gasteiger partial charge on any atom is -0.478 e. The van der Waals surface area contributed by atoms with Crippen LogP contribution in [0.3, 0.4) is 0 Å². The highest BCUT2D eigenvalue weighted by atomic mass is 35.5. The first kappa shape index (κ1) is 25.9. The van der Waals surface area contributed by atoms with Gasteiger partial charge in [-0.05, 0) is 71.3 Å². The van der Waals surface area contributed by atoms with E-state index in [2.05, 4.69) is 0 Å². The number of nitrogens with zero attached hydrogens (tertiary/aromatic N) is 2. The Morgan fingerprint density at radius 3 is 2.32 bits per heavy atom. The summed E-state index contributed by atoms with van der Waals surface area (Å²) in [5.41, 5.74) is 5.52. The molecule has 4 aromatic carbocycles. The Labute approximate surface area is 232 Å². The number of halogens is 2. The molecule has 0 aliphatic carbocycles. The number of aromatic carboxylic acids is 1. The Morgan fingerprint density at radius 2 is 1.66 bits per heavy atom.